The van der Waals surface area contributed by atoms with E-state index in [9.17, 15) is 4.79 Å². The summed E-state index contributed by atoms with van der Waals surface area (Å²) in [4.78, 5) is 9.95. The van der Waals surface area contributed by atoms with Crippen molar-refractivity contribution in [3.05, 3.63) is 0 Å². The number of hydrogen-bond donors (Lipinski definition) is 6. The van der Waals surface area contributed by atoms with Gasteiger partial charge in [0.05, 0.1) is 12.7 Å². The summed E-state index contributed by atoms with van der Waals surface area (Å²) in [6, 6.07) is 0. The van der Waals surface area contributed by atoms with Gasteiger partial charge in [0, 0.05) is 6.54 Å². The molecule has 0 radical (unpaired) electrons. The van der Waals surface area contributed by atoms with E-state index in [1.165, 1.54) is 0 Å². The van der Waals surface area contributed by atoms with Gasteiger partial charge in [-0.05, 0) is 0 Å². The van der Waals surface area contributed by atoms with E-state index in [1.807, 2.05) is 5.32 Å². The van der Waals surface area contributed by atoms with Gasteiger partial charge in [-0.15, -0.1) is 0 Å². The van der Waals surface area contributed by atoms with E-state index in [0.29, 0.717) is 0 Å². The van der Waals surface area contributed by atoms with Crippen molar-refractivity contribution in [2.75, 3.05) is 13.2 Å². The van der Waals surface area contributed by atoms with Crippen LogP contribution in [0.1, 0.15) is 0 Å². The Hall–Kier alpha value is -0.890. The molecule has 0 spiro atoms. The highest BCUT2D eigenvalue weighted by Crippen LogP contribution is 1.98. The minimum Gasteiger partial charge on any atom is -0.465 e. The summed E-state index contributed by atoms with van der Waals surface area (Å²) in [7, 11) is 0. The van der Waals surface area contributed by atoms with E-state index in [0.717, 1.165) is 0 Å². The number of carboxylic acid groups (broad SMARTS) is 1. The van der Waals surface area contributed by atoms with Crippen LogP contribution in [0.4, 0.5) is 4.79 Å². The van der Waals surface area contributed by atoms with Crippen LogP contribution in [0, 0.1) is 0 Å². The van der Waals surface area contributed by atoms with Crippen molar-refractivity contribution in [2.24, 2.45) is 0 Å². The zero-order chi connectivity index (χ0) is 10.4. The average molecular weight is 195 g/mol. The summed E-state index contributed by atoms with van der Waals surface area (Å²) >= 11 is 0. The second-order valence-corrected chi connectivity index (χ2v) is 2.49. The molecule has 0 saturated heterocycles. The molecule has 0 aliphatic heterocycles. The minimum absolute atomic E-state index is 0.409. The van der Waals surface area contributed by atoms with Crippen LogP contribution in [0.15, 0.2) is 0 Å². The first kappa shape index (κ1) is 12.1. The second kappa shape index (κ2) is 5.70. The molecule has 7 nitrogen and oxygen atoms in total. The Labute approximate surface area is 74.2 Å². The van der Waals surface area contributed by atoms with Crippen LogP contribution >= 0.6 is 0 Å². The molecule has 6 N–H and O–H groups in total. The zero-order valence-electron chi connectivity index (χ0n) is 6.79. The number of nitrogens with one attached hydrogen (secondary N) is 1. The molecule has 0 fully saturated rings. The molecule has 0 aliphatic rings. The van der Waals surface area contributed by atoms with Crippen LogP contribution < -0.4 is 5.32 Å². The van der Waals surface area contributed by atoms with Crippen molar-refractivity contribution in [1.82, 2.24) is 5.32 Å². The molecule has 13 heavy (non-hydrogen) atoms. The first-order valence-corrected chi connectivity index (χ1v) is 3.61. The smallest absolute Gasteiger partial charge is 0.404 e. The molecular formula is C6H13NO6. The summed E-state index contributed by atoms with van der Waals surface area (Å²) < 4.78 is 0. The molecule has 0 aromatic carbocycles. The molecular weight excluding hydrogens is 182 g/mol. The molecule has 0 aromatic rings. The predicted octanol–water partition coefficient (Wildman–Crippen LogP) is -2.67. The van der Waals surface area contributed by atoms with Gasteiger partial charge in [-0.25, -0.2) is 4.79 Å². The lowest BCUT2D eigenvalue weighted by Gasteiger charge is -2.20. The van der Waals surface area contributed by atoms with Gasteiger partial charge in [-0.3, -0.25) is 0 Å². The van der Waals surface area contributed by atoms with Crippen LogP contribution in [0.5, 0.6) is 0 Å². The maximum absolute atomic E-state index is 9.95. The Morgan fingerprint density at radius 3 is 2.15 bits per heavy atom. The van der Waals surface area contributed by atoms with Crippen molar-refractivity contribution in [3.63, 3.8) is 0 Å². The number of hydrogen-bond acceptors (Lipinski definition) is 5. The maximum Gasteiger partial charge on any atom is 0.404 e. The lowest BCUT2D eigenvalue weighted by Crippen LogP contribution is -2.45. The lowest BCUT2D eigenvalue weighted by molar-refractivity contribution is -0.0744. The summed E-state index contributed by atoms with van der Waals surface area (Å²) in [5.74, 6) is 0. The largest absolute Gasteiger partial charge is 0.465 e. The third-order valence-corrected chi connectivity index (χ3v) is 1.44. The van der Waals surface area contributed by atoms with Crippen molar-refractivity contribution < 1.29 is 30.3 Å². The molecule has 3 atom stereocenters. The molecule has 0 saturated carbocycles. The first-order valence-electron chi connectivity index (χ1n) is 3.61. The van der Waals surface area contributed by atoms with E-state index in [4.69, 9.17) is 25.5 Å². The second-order valence-electron chi connectivity index (χ2n) is 2.49. The Kier molecular flexibility index (Phi) is 5.31. The van der Waals surface area contributed by atoms with Crippen LogP contribution in [-0.4, -0.2) is 63.1 Å². The van der Waals surface area contributed by atoms with E-state index >= 15 is 0 Å². The van der Waals surface area contributed by atoms with Crippen molar-refractivity contribution in [1.29, 1.82) is 0 Å². The normalized spacial score (nSPS) is 17.5. The Morgan fingerprint density at radius 2 is 1.77 bits per heavy atom. The fourth-order valence-electron chi connectivity index (χ4n) is 0.677. The summed E-state index contributed by atoms with van der Waals surface area (Å²) in [6.07, 6.45) is -5.84. The fraction of sp³-hybridized carbons (Fsp3) is 0.833. The third-order valence-electron chi connectivity index (χ3n) is 1.44. The molecule has 7 heteroatoms. The Balaban J connectivity index is 3.81. The molecule has 0 aromatic heterocycles. The highest BCUT2D eigenvalue weighted by Gasteiger charge is 2.24. The average Bonchev–Trinajstić information content (AvgIpc) is 2.11. The van der Waals surface area contributed by atoms with Gasteiger partial charge < -0.3 is 30.8 Å². The number of rotatable bonds is 5. The number of amides is 1. The molecule has 0 aliphatic carbocycles. The van der Waals surface area contributed by atoms with Gasteiger partial charge in [0.1, 0.15) is 12.2 Å². The predicted molar refractivity (Wildman–Crippen MR) is 41.1 cm³/mol. The molecule has 0 bridgehead atoms. The van der Waals surface area contributed by atoms with Crippen LogP contribution in [-0.2, 0) is 0 Å². The van der Waals surface area contributed by atoms with Gasteiger partial charge in [-0.2, -0.15) is 0 Å². The molecule has 3 unspecified atom stereocenters. The zero-order valence-corrected chi connectivity index (χ0v) is 6.79. The Morgan fingerprint density at radius 1 is 1.23 bits per heavy atom. The van der Waals surface area contributed by atoms with Crippen molar-refractivity contribution in [3.8, 4) is 0 Å². The maximum atomic E-state index is 9.95. The van der Waals surface area contributed by atoms with E-state index in [2.05, 4.69) is 0 Å². The highest BCUT2D eigenvalue weighted by atomic mass is 16.4. The fourth-order valence-corrected chi connectivity index (χ4v) is 0.677. The molecule has 78 valence electrons. The quantitative estimate of drug-likeness (QED) is 0.283. The van der Waals surface area contributed by atoms with E-state index in [-0.39, 0.29) is 0 Å². The van der Waals surface area contributed by atoms with Crippen molar-refractivity contribution in [2.45, 2.75) is 18.3 Å². The number of aliphatic hydroxyl groups is 4. The topological polar surface area (TPSA) is 130 Å². The van der Waals surface area contributed by atoms with Gasteiger partial charge in [0.15, 0.2) is 0 Å². The minimum atomic E-state index is -1.57. The van der Waals surface area contributed by atoms with E-state index < -0.39 is 37.6 Å². The van der Waals surface area contributed by atoms with Crippen LogP contribution in [0.2, 0.25) is 0 Å². The molecule has 1 amide bonds. The van der Waals surface area contributed by atoms with Gasteiger partial charge in [-0.1, -0.05) is 0 Å². The van der Waals surface area contributed by atoms with Gasteiger partial charge >= 0.3 is 6.09 Å². The number of aliphatic hydroxyl groups excluding tert-OH is 4. The number of carbonyl (C=O) groups is 1. The summed E-state index contributed by atoms with van der Waals surface area (Å²) in [5.41, 5.74) is 0. The van der Waals surface area contributed by atoms with Crippen LogP contribution in [0.3, 0.4) is 0 Å². The third kappa shape index (κ3) is 4.63. The lowest BCUT2D eigenvalue weighted by atomic mass is 10.1. The van der Waals surface area contributed by atoms with E-state index in [1.54, 1.807) is 0 Å². The van der Waals surface area contributed by atoms with Crippen molar-refractivity contribution >= 4 is 6.09 Å². The monoisotopic (exact) mass is 195 g/mol. The molecule has 0 heterocycles. The first-order chi connectivity index (χ1) is 5.99. The standard InChI is InChI=1S/C6H13NO6/c8-2-4(10)5(11)3(9)1-7-6(12)13/h3-5,7-11H,1-2H2,(H,12,13). The van der Waals surface area contributed by atoms with Gasteiger partial charge in [0.25, 0.3) is 0 Å². The van der Waals surface area contributed by atoms with Gasteiger partial charge in [0.2, 0.25) is 0 Å². The summed E-state index contributed by atoms with van der Waals surface area (Å²) in [5, 5.41) is 45.2. The Bertz CT molecular complexity index is 163. The summed E-state index contributed by atoms with van der Waals surface area (Å²) in [6.45, 7) is -1.11. The molecule has 0 rings (SSSR count). The highest BCUT2D eigenvalue weighted by molar-refractivity contribution is 5.64. The van der Waals surface area contributed by atoms with Crippen LogP contribution in [0.25, 0.3) is 0 Å². The SMILES string of the molecule is O=C(O)NCC(O)C(O)C(O)CO.